The molecular formula is C15H28N2O2. The molecule has 4 nitrogen and oxygen atoms in total. The van der Waals surface area contributed by atoms with E-state index in [0.717, 1.165) is 32.1 Å². The van der Waals surface area contributed by atoms with Crippen molar-refractivity contribution >= 4 is 5.91 Å². The van der Waals surface area contributed by atoms with E-state index in [1.807, 2.05) is 0 Å². The monoisotopic (exact) mass is 268 g/mol. The Morgan fingerprint density at radius 1 is 1.32 bits per heavy atom. The van der Waals surface area contributed by atoms with Crippen LogP contribution in [0.15, 0.2) is 0 Å². The van der Waals surface area contributed by atoms with Crippen molar-refractivity contribution < 1.29 is 9.53 Å². The van der Waals surface area contributed by atoms with Gasteiger partial charge < -0.3 is 15.8 Å². The van der Waals surface area contributed by atoms with Gasteiger partial charge in [-0.1, -0.05) is 19.8 Å². The molecule has 0 aromatic rings. The molecule has 3 N–H and O–H groups in total. The fourth-order valence-electron chi connectivity index (χ4n) is 3.48. The maximum absolute atomic E-state index is 12.5. The van der Waals surface area contributed by atoms with Gasteiger partial charge in [-0.3, -0.25) is 4.79 Å². The summed E-state index contributed by atoms with van der Waals surface area (Å²) in [6.45, 7) is 7.05. The van der Waals surface area contributed by atoms with Gasteiger partial charge in [0.15, 0.2) is 0 Å². The fourth-order valence-corrected chi connectivity index (χ4v) is 3.48. The maximum atomic E-state index is 12.5. The molecule has 1 aliphatic heterocycles. The molecule has 2 fully saturated rings. The number of hydrogen-bond donors (Lipinski definition) is 2. The summed E-state index contributed by atoms with van der Waals surface area (Å²) in [5.74, 6) is 0.595. The van der Waals surface area contributed by atoms with Crippen molar-refractivity contribution in [2.75, 3.05) is 6.61 Å². The normalized spacial score (nSPS) is 38.7. The third kappa shape index (κ3) is 3.69. The first-order chi connectivity index (χ1) is 8.81. The lowest BCUT2D eigenvalue weighted by Gasteiger charge is -2.39. The van der Waals surface area contributed by atoms with Gasteiger partial charge in [0.1, 0.15) is 0 Å². The summed E-state index contributed by atoms with van der Waals surface area (Å²) >= 11 is 0. The van der Waals surface area contributed by atoms with Crippen LogP contribution in [0.4, 0.5) is 0 Å². The van der Waals surface area contributed by atoms with Gasteiger partial charge >= 0.3 is 0 Å². The Morgan fingerprint density at radius 3 is 2.68 bits per heavy atom. The number of carbonyl (C=O) groups excluding carboxylic acids is 1. The predicted molar refractivity (Wildman–Crippen MR) is 75.7 cm³/mol. The molecular weight excluding hydrogens is 240 g/mol. The molecule has 1 saturated heterocycles. The van der Waals surface area contributed by atoms with Crippen molar-refractivity contribution in [1.29, 1.82) is 0 Å². The Balaban J connectivity index is 1.93. The molecule has 0 aromatic heterocycles. The summed E-state index contributed by atoms with van der Waals surface area (Å²) < 4.78 is 5.68. The van der Waals surface area contributed by atoms with E-state index in [1.165, 1.54) is 6.42 Å². The highest BCUT2D eigenvalue weighted by Gasteiger charge is 2.39. The van der Waals surface area contributed by atoms with Crippen LogP contribution in [0.25, 0.3) is 0 Å². The van der Waals surface area contributed by atoms with Crippen LogP contribution in [0, 0.1) is 5.92 Å². The average Bonchev–Trinajstić information content (AvgIpc) is 2.27. The molecule has 2 aliphatic rings. The molecule has 0 bridgehead atoms. The van der Waals surface area contributed by atoms with Crippen LogP contribution >= 0.6 is 0 Å². The van der Waals surface area contributed by atoms with E-state index in [-0.39, 0.29) is 17.6 Å². The largest absolute Gasteiger partial charge is 0.375 e. The van der Waals surface area contributed by atoms with Crippen molar-refractivity contribution in [2.45, 2.75) is 76.5 Å². The van der Waals surface area contributed by atoms with E-state index in [2.05, 4.69) is 26.1 Å². The first-order valence-corrected chi connectivity index (χ1v) is 7.55. The zero-order chi connectivity index (χ0) is 14.1. The molecule has 110 valence electrons. The highest BCUT2D eigenvalue weighted by atomic mass is 16.5. The number of ether oxygens (including phenoxy) is 1. The molecule has 1 amide bonds. The molecule has 0 spiro atoms. The minimum absolute atomic E-state index is 0.0433. The second-order valence-corrected chi connectivity index (χ2v) is 7.13. The Morgan fingerprint density at radius 2 is 2.05 bits per heavy atom. The lowest BCUT2D eigenvalue weighted by atomic mass is 9.76. The summed E-state index contributed by atoms with van der Waals surface area (Å²) in [4.78, 5) is 12.5. The summed E-state index contributed by atoms with van der Waals surface area (Å²) in [6, 6.07) is 0.203. The second kappa shape index (κ2) is 5.41. The molecule has 3 unspecified atom stereocenters. The van der Waals surface area contributed by atoms with Crippen LogP contribution < -0.4 is 11.1 Å². The van der Waals surface area contributed by atoms with Gasteiger partial charge in [-0.2, -0.15) is 0 Å². The summed E-state index contributed by atoms with van der Waals surface area (Å²) in [5.41, 5.74) is 5.54. The van der Waals surface area contributed by atoms with Crippen LogP contribution in [-0.2, 0) is 9.53 Å². The van der Waals surface area contributed by atoms with Crippen LogP contribution in [0.5, 0.6) is 0 Å². The van der Waals surface area contributed by atoms with Crippen molar-refractivity contribution in [2.24, 2.45) is 11.7 Å². The summed E-state index contributed by atoms with van der Waals surface area (Å²) in [5, 5.41) is 3.16. The van der Waals surface area contributed by atoms with Crippen molar-refractivity contribution in [1.82, 2.24) is 5.32 Å². The third-order valence-corrected chi connectivity index (χ3v) is 4.52. The van der Waals surface area contributed by atoms with Gasteiger partial charge in [0.2, 0.25) is 5.91 Å². The first-order valence-electron chi connectivity index (χ1n) is 7.55. The predicted octanol–water partition coefficient (Wildman–Crippen LogP) is 1.97. The number of amides is 1. The zero-order valence-corrected chi connectivity index (χ0v) is 12.5. The van der Waals surface area contributed by atoms with E-state index >= 15 is 0 Å². The number of nitrogens with one attached hydrogen (secondary N) is 1. The van der Waals surface area contributed by atoms with Crippen LogP contribution in [0.2, 0.25) is 0 Å². The Kier molecular flexibility index (Phi) is 4.21. The van der Waals surface area contributed by atoms with Gasteiger partial charge in [0, 0.05) is 12.6 Å². The Hall–Kier alpha value is -0.610. The lowest BCUT2D eigenvalue weighted by Crippen LogP contribution is -2.59. The van der Waals surface area contributed by atoms with Crippen LogP contribution in [0.3, 0.4) is 0 Å². The maximum Gasteiger partial charge on any atom is 0.240 e. The number of nitrogens with two attached hydrogens (primary N) is 1. The number of rotatable bonds is 2. The van der Waals surface area contributed by atoms with Crippen LogP contribution in [-0.4, -0.2) is 29.7 Å². The molecule has 1 aliphatic carbocycles. The molecule has 2 rings (SSSR count). The van der Waals surface area contributed by atoms with Gasteiger partial charge in [-0.05, 0) is 45.4 Å². The number of carbonyl (C=O) groups is 1. The zero-order valence-electron chi connectivity index (χ0n) is 12.5. The fraction of sp³-hybridized carbons (Fsp3) is 0.933. The molecule has 19 heavy (non-hydrogen) atoms. The first kappa shape index (κ1) is 14.8. The molecule has 1 heterocycles. The molecule has 0 radical (unpaired) electrons. The van der Waals surface area contributed by atoms with Crippen molar-refractivity contribution in [3.63, 3.8) is 0 Å². The van der Waals surface area contributed by atoms with Gasteiger partial charge in [-0.15, -0.1) is 0 Å². The highest BCUT2D eigenvalue weighted by Crippen LogP contribution is 2.31. The SMILES string of the molecule is CC1CCCC(N)(C(=O)NC2CCOC(C)(C)C2)C1. The standard InChI is InChI=1S/C15H28N2O2/c1-11-5-4-7-15(16,9-11)13(18)17-12-6-8-19-14(2,3)10-12/h11-12H,4-10,16H2,1-3H3,(H,17,18). The smallest absolute Gasteiger partial charge is 0.240 e. The second-order valence-electron chi connectivity index (χ2n) is 7.13. The van der Waals surface area contributed by atoms with Crippen molar-refractivity contribution in [3.8, 4) is 0 Å². The Bertz CT molecular complexity index is 343. The van der Waals surface area contributed by atoms with E-state index in [9.17, 15) is 4.79 Å². The van der Waals surface area contributed by atoms with E-state index in [0.29, 0.717) is 12.5 Å². The molecule has 0 aromatic carbocycles. The molecule has 4 heteroatoms. The quantitative estimate of drug-likeness (QED) is 0.804. The lowest BCUT2D eigenvalue weighted by molar-refractivity contribution is -0.131. The van der Waals surface area contributed by atoms with Crippen LogP contribution in [0.1, 0.15) is 59.3 Å². The van der Waals surface area contributed by atoms with Gasteiger partial charge in [-0.25, -0.2) is 0 Å². The summed E-state index contributed by atoms with van der Waals surface area (Å²) in [6.07, 6.45) is 5.63. The minimum atomic E-state index is -0.653. The van der Waals surface area contributed by atoms with E-state index < -0.39 is 5.54 Å². The highest BCUT2D eigenvalue weighted by molar-refractivity contribution is 5.86. The Labute approximate surface area is 116 Å². The van der Waals surface area contributed by atoms with E-state index in [1.54, 1.807) is 0 Å². The number of hydrogen-bond acceptors (Lipinski definition) is 3. The summed E-state index contributed by atoms with van der Waals surface area (Å²) in [7, 11) is 0. The van der Waals surface area contributed by atoms with E-state index in [4.69, 9.17) is 10.5 Å². The molecule has 3 atom stereocenters. The minimum Gasteiger partial charge on any atom is -0.375 e. The van der Waals surface area contributed by atoms with Gasteiger partial charge in [0.05, 0.1) is 11.1 Å². The third-order valence-electron chi connectivity index (χ3n) is 4.52. The molecule has 1 saturated carbocycles. The topological polar surface area (TPSA) is 64.4 Å². The van der Waals surface area contributed by atoms with Gasteiger partial charge in [0.25, 0.3) is 0 Å². The average molecular weight is 268 g/mol. The van der Waals surface area contributed by atoms with Crippen molar-refractivity contribution in [3.05, 3.63) is 0 Å².